The van der Waals surface area contributed by atoms with Gasteiger partial charge in [-0.15, -0.1) is 22.7 Å². The van der Waals surface area contributed by atoms with Crippen molar-refractivity contribution in [2.45, 2.75) is 99.7 Å². The predicted octanol–water partition coefficient (Wildman–Crippen LogP) is 6.44. The summed E-state index contributed by atoms with van der Waals surface area (Å²) in [6.07, 6.45) is -0.0643. The first-order valence-electron chi connectivity index (χ1n) is 14.5. The Morgan fingerprint density at radius 1 is 0.600 bits per heavy atom. The summed E-state index contributed by atoms with van der Waals surface area (Å²) in [7, 11) is 0. The van der Waals surface area contributed by atoms with E-state index in [-0.39, 0.29) is 63.4 Å². The highest BCUT2D eigenvalue weighted by Crippen LogP contribution is 2.36. The van der Waals surface area contributed by atoms with Gasteiger partial charge in [0.15, 0.2) is 0 Å². The lowest BCUT2D eigenvalue weighted by molar-refractivity contribution is -0.117. The number of hydrogen-bond donors (Lipinski definition) is 2. The molecule has 248 valence electrons. The van der Waals surface area contributed by atoms with Crippen LogP contribution in [0.3, 0.4) is 0 Å². The molecule has 2 heterocycles. The van der Waals surface area contributed by atoms with Crippen molar-refractivity contribution in [3.8, 4) is 0 Å². The second kappa shape index (κ2) is 15.5. The van der Waals surface area contributed by atoms with E-state index < -0.39 is 46.9 Å². The average Bonchev–Trinajstić information content (AvgIpc) is 3.38. The Labute approximate surface area is 271 Å². The molecule has 2 amide bonds. The van der Waals surface area contributed by atoms with Crippen LogP contribution in [0, 0.1) is 13.8 Å². The van der Waals surface area contributed by atoms with Crippen LogP contribution in [-0.2, 0) is 28.5 Å². The molecule has 2 rings (SSSR count). The number of esters is 4. The first-order valence-corrected chi connectivity index (χ1v) is 16.1. The zero-order valence-corrected chi connectivity index (χ0v) is 29.1. The number of rotatable bonds is 12. The van der Waals surface area contributed by atoms with Gasteiger partial charge in [-0.3, -0.25) is 9.59 Å². The van der Waals surface area contributed by atoms with Crippen LogP contribution >= 0.6 is 22.7 Å². The third-order valence-electron chi connectivity index (χ3n) is 5.73. The van der Waals surface area contributed by atoms with Gasteiger partial charge in [0.05, 0.1) is 24.3 Å². The van der Waals surface area contributed by atoms with Crippen LogP contribution in [0.5, 0.6) is 0 Å². The van der Waals surface area contributed by atoms with Crippen molar-refractivity contribution in [2.75, 3.05) is 23.8 Å². The van der Waals surface area contributed by atoms with Crippen LogP contribution in [0.2, 0.25) is 0 Å². The van der Waals surface area contributed by atoms with Crippen molar-refractivity contribution in [3.63, 3.8) is 0 Å². The summed E-state index contributed by atoms with van der Waals surface area (Å²) in [5.74, 6) is -3.62. The minimum Gasteiger partial charge on any atom is -0.462 e. The van der Waals surface area contributed by atoms with E-state index in [0.717, 1.165) is 22.7 Å². The number of carbonyl (C=O) groups excluding carboxylic acids is 6. The van der Waals surface area contributed by atoms with Gasteiger partial charge < -0.3 is 29.6 Å². The van der Waals surface area contributed by atoms with Crippen molar-refractivity contribution >= 4 is 68.4 Å². The van der Waals surface area contributed by atoms with Gasteiger partial charge >= 0.3 is 23.9 Å². The normalized spacial score (nSPS) is 11.4. The summed E-state index contributed by atoms with van der Waals surface area (Å²) >= 11 is 1.82. The Hall–Kier alpha value is -3.78. The van der Waals surface area contributed by atoms with E-state index in [2.05, 4.69) is 10.6 Å². The average molecular weight is 667 g/mol. The molecule has 0 saturated heterocycles. The molecule has 0 aliphatic heterocycles. The Bertz CT molecular complexity index is 1350. The molecule has 0 aliphatic rings. The zero-order chi connectivity index (χ0) is 34.3. The molecule has 0 spiro atoms. The van der Waals surface area contributed by atoms with Crippen LogP contribution < -0.4 is 10.6 Å². The molecule has 2 N–H and O–H groups in total. The molecule has 45 heavy (non-hydrogen) atoms. The van der Waals surface area contributed by atoms with E-state index in [1.165, 1.54) is 0 Å². The summed E-state index contributed by atoms with van der Waals surface area (Å²) in [4.78, 5) is 76.9. The third-order valence-corrected chi connectivity index (χ3v) is 8.11. The number of amides is 2. The minimum atomic E-state index is -0.766. The molecule has 0 atom stereocenters. The number of ether oxygens (including phenoxy) is 4. The molecule has 0 radical (unpaired) electrons. The maximum absolute atomic E-state index is 12.8. The largest absolute Gasteiger partial charge is 0.462 e. The molecule has 12 nitrogen and oxygen atoms in total. The summed E-state index contributed by atoms with van der Waals surface area (Å²) < 4.78 is 21.2. The lowest BCUT2D eigenvalue weighted by atomic mass is 10.1. The molecule has 14 heteroatoms. The van der Waals surface area contributed by atoms with Crippen LogP contribution in [0.15, 0.2) is 0 Å². The Kier molecular flexibility index (Phi) is 12.9. The summed E-state index contributed by atoms with van der Waals surface area (Å²) in [5, 5.41) is 5.61. The van der Waals surface area contributed by atoms with E-state index in [1.807, 2.05) is 0 Å². The molecular weight excluding hydrogens is 624 g/mol. The molecule has 0 fully saturated rings. The first-order chi connectivity index (χ1) is 20.8. The van der Waals surface area contributed by atoms with Crippen molar-refractivity contribution in [3.05, 3.63) is 32.0 Å². The van der Waals surface area contributed by atoms with Gasteiger partial charge in [-0.1, -0.05) is 0 Å². The van der Waals surface area contributed by atoms with Crippen molar-refractivity contribution in [1.29, 1.82) is 0 Å². The van der Waals surface area contributed by atoms with Crippen molar-refractivity contribution < 1.29 is 47.7 Å². The SMILES string of the molecule is CCOC(=O)c1c(NC(=O)CCCC(=O)Nc2sc(C(=O)OC(C)(C)C)c(C)c2C(=O)OCC)sc(C(=O)OC(C)(C)C)c1C. The third kappa shape index (κ3) is 10.7. The van der Waals surface area contributed by atoms with Gasteiger partial charge in [0.1, 0.15) is 31.0 Å². The Balaban J connectivity index is 2.16. The highest BCUT2D eigenvalue weighted by Gasteiger charge is 2.31. The summed E-state index contributed by atoms with van der Waals surface area (Å²) in [5.41, 5.74) is -0.743. The van der Waals surface area contributed by atoms with Gasteiger partial charge in [0, 0.05) is 12.8 Å². The van der Waals surface area contributed by atoms with Gasteiger partial charge in [0.2, 0.25) is 11.8 Å². The molecule has 2 aromatic rings. The lowest BCUT2D eigenvalue weighted by Gasteiger charge is -2.19. The van der Waals surface area contributed by atoms with Crippen molar-refractivity contribution in [1.82, 2.24) is 0 Å². The molecule has 0 aliphatic carbocycles. The fourth-order valence-electron chi connectivity index (χ4n) is 3.93. The second-order valence-electron chi connectivity index (χ2n) is 11.9. The number of carbonyl (C=O) groups is 6. The first kappa shape index (κ1) is 37.4. The van der Waals surface area contributed by atoms with Crippen LogP contribution in [0.4, 0.5) is 10.0 Å². The molecular formula is C31H42N2O10S2. The zero-order valence-electron chi connectivity index (χ0n) is 27.4. The van der Waals surface area contributed by atoms with E-state index in [9.17, 15) is 28.8 Å². The number of hydrogen-bond acceptors (Lipinski definition) is 12. The van der Waals surface area contributed by atoms with Crippen LogP contribution in [0.25, 0.3) is 0 Å². The van der Waals surface area contributed by atoms with Gasteiger partial charge in [-0.25, -0.2) is 19.2 Å². The number of anilines is 2. The Morgan fingerprint density at radius 3 is 1.22 bits per heavy atom. The fraction of sp³-hybridized carbons (Fsp3) is 0.548. The standard InChI is InChI=1S/C31H42N2O10S2/c1-11-40-26(36)20-16(3)22(28(38)42-30(5,6)7)44-24(20)32-18(34)14-13-15-19(35)33-25-21(27(37)41-12-2)17(4)23(45-25)29(39)43-31(8,9)10/h11-15H2,1-10H3,(H,32,34)(H,33,35). The van der Waals surface area contributed by atoms with Gasteiger partial charge in [-0.2, -0.15) is 0 Å². The molecule has 0 bridgehead atoms. The van der Waals surface area contributed by atoms with E-state index >= 15 is 0 Å². The fourth-order valence-corrected chi connectivity index (χ4v) is 6.10. The molecule has 0 saturated carbocycles. The number of nitrogens with one attached hydrogen (secondary N) is 2. The monoisotopic (exact) mass is 666 g/mol. The highest BCUT2D eigenvalue weighted by molar-refractivity contribution is 7.19. The Morgan fingerprint density at radius 2 is 0.933 bits per heavy atom. The molecule has 2 aromatic heterocycles. The van der Waals surface area contributed by atoms with E-state index in [4.69, 9.17) is 18.9 Å². The van der Waals surface area contributed by atoms with Crippen LogP contribution in [0.1, 0.15) is 126 Å². The minimum absolute atomic E-state index is 0.0640. The molecule has 0 unspecified atom stereocenters. The summed E-state index contributed by atoms with van der Waals surface area (Å²) in [6, 6.07) is 0. The van der Waals surface area contributed by atoms with Crippen molar-refractivity contribution in [2.24, 2.45) is 0 Å². The van der Waals surface area contributed by atoms with E-state index in [1.54, 1.807) is 69.2 Å². The van der Waals surface area contributed by atoms with Crippen LogP contribution in [-0.4, -0.2) is 60.1 Å². The number of thiophene rings is 2. The lowest BCUT2D eigenvalue weighted by Crippen LogP contribution is -2.23. The van der Waals surface area contributed by atoms with Gasteiger partial charge in [-0.05, 0) is 86.8 Å². The quantitative estimate of drug-likeness (QED) is 0.190. The smallest absolute Gasteiger partial charge is 0.349 e. The predicted molar refractivity (Wildman–Crippen MR) is 171 cm³/mol. The molecule has 0 aromatic carbocycles. The topological polar surface area (TPSA) is 163 Å². The van der Waals surface area contributed by atoms with E-state index in [0.29, 0.717) is 11.1 Å². The maximum Gasteiger partial charge on any atom is 0.349 e. The van der Waals surface area contributed by atoms with Gasteiger partial charge in [0.25, 0.3) is 0 Å². The maximum atomic E-state index is 12.8. The second-order valence-corrected chi connectivity index (χ2v) is 14.0. The summed E-state index contributed by atoms with van der Waals surface area (Å²) in [6.45, 7) is 16.9. The highest BCUT2D eigenvalue weighted by atomic mass is 32.1.